The Balaban J connectivity index is 2.33. The molecule has 0 spiro atoms. The molecule has 1 aromatic carbocycles. The molecule has 3 heteroatoms. The standard InChI is InChI=1S/C14H18BrNO/c1-9-11-7-10(15)5-6-12(11)17-13(9)8-16-14(2,3)4/h5-7,16H,8H2,1-4H3. The van der Waals surface area contributed by atoms with Gasteiger partial charge in [0.25, 0.3) is 0 Å². The van der Waals surface area contributed by atoms with Crippen LogP contribution in [0.15, 0.2) is 27.1 Å². The summed E-state index contributed by atoms with van der Waals surface area (Å²) in [6.45, 7) is 9.34. The van der Waals surface area contributed by atoms with E-state index < -0.39 is 0 Å². The lowest BCUT2D eigenvalue weighted by Gasteiger charge is -2.19. The Bertz CT molecular complexity index is 537. The molecule has 1 N–H and O–H groups in total. The molecule has 2 nitrogen and oxygen atoms in total. The van der Waals surface area contributed by atoms with Gasteiger partial charge in [-0.2, -0.15) is 0 Å². The summed E-state index contributed by atoms with van der Waals surface area (Å²) in [4.78, 5) is 0. The van der Waals surface area contributed by atoms with Gasteiger partial charge in [0.1, 0.15) is 11.3 Å². The molecular weight excluding hydrogens is 278 g/mol. The van der Waals surface area contributed by atoms with Crippen LogP contribution in [-0.2, 0) is 6.54 Å². The average Bonchev–Trinajstić information content (AvgIpc) is 2.52. The topological polar surface area (TPSA) is 25.2 Å². The maximum Gasteiger partial charge on any atom is 0.134 e. The van der Waals surface area contributed by atoms with Gasteiger partial charge in [-0.05, 0) is 51.5 Å². The Morgan fingerprint density at radius 1 is 1.29 bits per heavy atom. The monoisotopic (exact) mass is 295 g/mol. The summed E-state index contributed by atoms with van der Waals surface area (Å²) >= 11 is 3.49. The van der Waals surface area contributed by atoms with Gasteiger partial charge in [0.15, 0.2) is 0 Å². The first-order chi connectivity index (χ1) is 7.87. The lowest BCUT2D eigenvalue weighted by molar-refractivity contribution is 0.394. The van der Waals surface area contributed by atoms with Crippen molar-refractivity contribution in [1.82, 2.24) is 5.32 Å². The summed E-state index contributed by atoms with van der Waals surface area (Å²) in [5.41, 5.74) is 2.28. The fraction of sp³-hybridized carbons (Fsp3) is 0.429. The third-order valence-electron chi connectivity index (χ3n) is 2.78. The second-order valence-electron chi connectivity index (χ2n) is 5.39. The van der Waals surface area contributed by atoms with Crippen LogP contribution in [0.1, 0.15) is 32.1 Å². The molecule has 0 unspecified atom stereocenters. The predicted octanol–water partition coefficient (Wildman–Crippen LogP) is 4.39. The van der Waals surface area contributed by atoms with E-state index in [0.717, 1.165) is 22.4 Å². The molecule has 0 saturated carbocycles. The zero-order valence-corrected chi connectivity index (χ0v) is 12.3. The quantitative estimate of drug-likeness (QED) is 0.889. The van der Waals surface area contributed by atoms with E-state index in [1.807, 2.05) is 12.1 Å². The maximum absolute atomic E-state index is 5.87. The van der Waals surface area contributed by atoms with Crippen molar-refractivity contribution in [2.75, 3.05) is 0 Å². The Morgan fingerprint density at radius 2 is 2.00 bits per heavy atom. The minimum Gasteiger partial charge on any atom is -0.459 e. The molecule has 1 heterocycles. The summed E-state index contributed by atoms with van der Waals surface area (Å²) in [6, 6.07) is 6.12. The van der Waals surface area contributed by atoms with Gasteiger partial charge in [-0.3, -0.25) is 0 Å². The molecule has 17 heavy (non-hydrogen) atoms. The van der Waals surface area contributed by atoms with Crippen LogP contribution in [0, 0.1) is 6.92 Å². The van der Waals surface area contributed by atoms with Gasteiger partial charge in [0.05, 0.1) is 6.54 Å². The minimum atomic E-state index is 0.103. The fourth-order valence-electron chi connectivity index (χ4n) is 1.76. The fourth-order valence-corrected chi connectivity index (χ4v) is 2.12. The molecule has 0 atom stereocenters. The second kappa shape index (κ2) is 4.46. The molecule has 2 rings (SSSR count). The Labute approximate surface area is 111 Å². The number of furan rings is 1. The van der Waals surface area contributed by atoms with Crippen LogP contribution in [0.5, 0.6) is 0 Å². The molecule has 0 radical (unpaired) electrons. The number of aryl methyl sites for hydroxylation is 1. The van der Waals surface area contributed by atoms with Crippen LogP contribution in [0.4, 0.5) is 0 Å². The molecule has 2 aromatic rings. The third-order valence-corrected chi connectivity index (χ3v) is 3.27. The van der Waals surface area contributed by atoms with Crippen LogP contribution < -0.4 is 5.32 Å². The number of nitrogens with one attached hydrogen (secondary N) is 1. The van der Waals surface area contributed by atoms with E-state index in [4.69, 9.17) is 4.42 Å². The highest BCUT2D eigenvalue weighted by Crippen LogP contribution is 2.28. The Morgan fingerprint density at radius 3 is 2.65 bits per heavy atom. The number of rotatable bonds is 2. The van der Waals surface area contributed by atoms with E-state index in [9.17, 15) is 0 Å². The summed E-state index contributed by atoms with van der Waals surface area (Å²) in [5, 5.41) is 4.63. The molecule has 0 amide bonds. The lowest BCUT2D eigenvalue weighted by Crippen LogP contribution is -2.35. The summed E-state index contributed by atoms with van der Waals surface area (Å²) in [5.74, 6) is 1.02. The molecule has 0 saturated heterocycles. The van der Waals surface area contributed by atoms with Gasteiger partial charge in [0.2, 0.25) is 0 Å². The smallest absolute Gasteiger partial charge is 0.134 e. The molecular formula is C14H18BrNO. The van der Waals surface area contributed by atoms with Crippen molar-refractivity contribution < 1.29 is 4.42 Å². The molecule has 1 aromatic heterocycles. The van der Waals surface area contributed by atoms with Gasteiger partial charge in [-0.1, -0.05) is 15.9 Å². The first kappa shape index (κ1) is 12.7. The first-order valence-electron chi connectivity index (χ1n) is 5.79. The number of hydrogen-bond donors (Lipinski definition) is 1. The van der Waals surface area contributed by atoms with Crippen LogP contribution in [-0.4, -0.2) is 5.54 Å². The van der Waals surface area contributed by atoms with E-state index in [1.165, 1.54) is 10.9 Å². The van der Waals surface area contributed by atoms with E-state index in [2.05, 4.69) is 55.0 Å². The zero-order valence-electron chi connectivity index (χ0n) is 10.7. The highest BCUT2D eigenvalue weighted by molar-refractivity contribution is 9.10. The first-order valence-corrected chi connectivity index (χ1v) is 6.59. The van der Waals surface area contributed by atoms with E-state index in [-0.39, 0.29) is 5.54 Å². The molecule has 0 aliphatic carbocycles. The van der Waals surface area contributed by atoms with Gasteiger partial charge in [-0.15, -0.1) is 0 Å². The van der Waals surface area contributed by atoms with E-state index in [0.29, 0.717) is 0 Å². The van der Waals surface area contributed by atoms with E-state index in [1.54, 1.807) is 0 Å². The molecule has 0 aliphatic heterocycles. The van der Waals surface area contributed by atoms with Crippen molar-refractivity contribution in [3.05, 3.63) is 34.0 Å². The van der Waals surface area contributed by atoms with Crippen molar-refractivity contribution in [2.24, 2.45) is 0 Å². The van der Waals surface area contributed by atoms with Crippen LogP contribution >= 0.6 is 15.9 Å². The van der Waals surface area contributed by atoms with Crippen molar-refractivity contribution >= 4 is 26.9 Å². The van der Waals surface area contributed by atoms with Crippen LogP contribution in [0.25, 0.3) is 11.0 Å². The number of hydrogen-bond acceptors (Lipinski definition) is 2. The predicted molar refractivity (Wildman–Crippen MR) is 75.2 cm³/mol. The zero-order chi connectivity index (χ0) is 12.6. The van der Waals surface area contributed by atoms with Crippen LogP contribution in [0.2, 0.25) is 0 Å². The molecule has 92 valence electrons. The number of halogens is 1. The molecule has 0 fully saturated rings. The number of fused-ring (bicyclic) bond motifs is 1. The van der Waals surface area contributed by atoms with Gasteiger partial charge in [0, 0.05) is 15.4 Å². The number of benzene rings is 1. The highest BCUT2D eigenvalue weighted by atomic mass is 79.9. The molecule has 0 bridgehead atoms. The van der Waals surface area contributed by atoms with Crippen molar-refractivity contribution in [1.29, 1.82) is 0 Å². The van der Waals surface area contributed by atoms with Crippen molar-refractivity contribution in [3.8, 4) is 0 Å². The van der Waals surface area contributed by atoms with Crippen molar-refractivity contribution in [3.63, 3.8) is 0 Å². The summed E-state index contributed by atoms with van der Waals surface area (Å²) in [7, 11) is 0. The minimum absolute atomic E-state index is 0.103. The normalized spacial score (nSPS) is 12.3. The second-order valence-corrected chi connectivity index (χ2v) is 6.31. The van der Waals surface area contributed by atoms with Crippen molar-refractivity contribution in [2.45, 2.75) is 39.8 Å². The van der Waals surface area contributed by atoms with Gasteiger partial charge < -0.3 is 9.73 Å². The maximum atomic E-state index is 5.87. The average molecular weight is 296 g/mol. The summed E-state index contributed by atoms with van der Waals surface area (Å²) < 4.78 is 6.95. The van der Waals surface area contributed by atoms with E-state index >= 15 is 0 Å². The largest absolute Gasteiger partial charge is 0.459 e. The Hall–Kier alpha value is -0.800. The SMILES string of the molecule is Cc1c(CNC(C)(C)C)oc2ccc(Br)cc12. The summed E-state index contributed by atoms with van der Waals surface area (Å²) in [6.07, 6.45) is 0. The van der Waals surface area contributed by atoms with Gasteiger partial charge in [-0.25, -0.2) is 0 Å². The third kappa shape index (κ3) is 2.90. The lowest BCUT2D eigenvalue weighted by atomic mass is 10.1. The highest BCUT2D eigenvalue weighted by Gasteiger charge is 2.14. The van der Waals surface area contributed by atoms with Crippen LogP contribution in [0.3, 0.4) is 0 Å². The molecule has 0 aliphatic rings. The Kier molecular flexibility index (Phi) is 3.32. The van der Waals surface area contributed by atoms with Gasteiger partial charge >= 0.3 is 0 Å².